The van der Waals surface area contributed by atoms with Gasteiger partial charge in [0.25, 0.3) is 0 Å². The zero-order valence-electron chi connectivity index (χ0n) is 12.3. The van der Waals surface area contributed by atoms with Gasteiger partial charge in [-0.2, -0.15) is 0 Å². The highest BCUT2D eigenvalue weighted by molar-refractivity contribution is 5.65. The first kappa shape index (κ1) is 13.6. The number of imidazole rings is 1. The fourth-order valence-electron chi connectivity index (χ4n) is 2.35. The molecule has 0 fully saturated rings. The minimum absolute atomic E-state index is 0.144. The predicted molar refractivity (Wildman–Crippen MR) is 85.7 cm³/mol. The van der Waals surface area contributed by atoms with Crippen molar-refractivity contribution in [3.05, 3.63) is 54.4 Å². The Kier molecular flexibility index (Phi) is 3.62. The monoisotopic (exact) mass is 281 g/mol. The van der Waals surface area contributed by atoms with Crippen LogP contribution in [-0.2, 0) is 0 Å². The van der Waals surface area contributed by atoms with Gasteiger partial charge in [0.05, 0.1) is 12.3 Å². The van der Waals surface area contributed by atoms with E-state index in [-0.39, 0.29) is 6.61 Å². The lowest BCUT2D eigenvalue weighted by molar-refractivity contribution is 0.304. The molecule has 1 N–H and O–H groups in total. The molecule has 108 valence electrons. The maximum atomic E-state index is 9.02. The van der Waals surface area contributed by atoms with Crippen molar-refractivity contribution in [1.82, 2.24) is 9.38 Å². The number of hydrogen-bond acceptors (Lipinski definition) is 3. The Hall–Kier alpha value is -2.33. The fraction of sp³-hybridized carbons (Fsp3) is 0.235. The van der Waals surface area contributed by atoms with Crippen molar-refractivity contribution >= 4 is 11.3 Å². The summed E-state index contributed by atoms with van der Waals surface area (Å²) in [6.07, 6.45) is 4.04. The van der Waals surface area contributed by atoms with Gasteiger partial charge in [0.15, 0.2) is 0 Å². The minimum atomic E-state index is 0.144. The smallest absolute Gasteiger partial charge is 0.139 e. The number of likely N-dealkylation sites (N-methyl/N-ethyl adjacent to an activating group) is 1. The highest BCUT2D eigenvalue weighted by Gasteiger charge is 2.06. The van der Waals surface area contributed by atoms with Gasteiger partial charge in [-0.15, -0.1) is 0 Å². The van der Waals surface area contributed by atoms with Crippen molar-refractivity contribution in [2.45, 2.75) is 6.92 Å². The van der Waals surface area contributed by atoms with E-state index in [1.807, 2.05) is 40.9 Å². The first-order chi connectivity index (χ1) is 10.2. The van der Waals surface area contributed by atoms with Crippen molar-refractivity contribution in [1.29, 1.82) is 0 Å². The number of aliphatic hydroxyl groups is 1. The van der Waals surface area contributed by atoms with Crippen LogP contribution in [0.5, 0.6) is 0 Å². The van der Waals surface area contributed by atoms with Gasteiger partial charge in [0.2, 0.25) is 0 Å². The highest BCUT2D eigenvalue weighted by Crippen LogP contribution is 2.22. The van der Waals surface area contributed by atoms with Gasteiger partial charge in [0, 0.05) is 43.3 Å². The topological polar surface area (TPSA) is 40.8 Å². The standard InChI is InChI=1S/C17H19N3O/c1-13-3-5-14(6-4-13)16-12-20-8-7-15(11-17(20)18-16)19(2)9-10-21/h3-8,11-12,21H,9-10H2,1-2H3. The molecule has 4 nitrogen and oxygen atoms in total. The number of anilines is 1. The number of benzene rings is 1. The Labute approximate surface area is 124 Å². The summed E-state index contributed by atoms with van der Waals surface area (Å²) in [5, 5.41) is 9.02. The molecule has 3 rings (SSSR count). The quantitative estimate of drug-likeness (QED) is 0.799. The van der Waals surface area contributed by atoms with Crippen LogP contribution in [0.4, 0.5) is 5.69 Å². The van der Waals surface area contributed by atoms with Crippen molar-refractivity contribution in [3.63, 3.8) is 0 Å². The van der Waals surface area contributed by atoms with Crippen molar-refractivity contribution in [2.75, 3.05) is 25.1 Å². The summed E-state index contributed by atoms with van der Waals surface area (Å²) in [6.45, 7) is 2.84. The van der Waals surface area contributed by atoms with E-state index in [0.29, 0.717) is 6.54 Å². The predicted octanol–water partition coefficient (Wildman–Crippen LogP) is 2.74. The number of hydrogen-bond donors (Lipinski definition) is 1. The van der Waals surface area contributed by atoms with Crippen LogP contribution >= 0.6 is 0 Å². The molecule has 1 aromatic carbocycles. The van der Waals surface area contributed by atoms with E-state index in [0.717, 1.165) is 22.6 Å². The zero-order valence-corrected chi connectivity index (χ0v) is 12.3. The third-order valence-corrected chi connectivity index (χ3v) is 3.67. The molecule has 3 aromatic rings. The fourth-order valence-corrected chi connectivity index (χ4v) is 2.35. The van der Waals surface area contributed by atoms with Crippen molar-refractivity contribution in [3.8, 4) is 11.3 Å². The van der Waals surface area contributed by atoms with Gasteiger partial charge in [0.1, 0.15) is 5.65 Å². The van der Waals surface area contributed by atoms with E-state index in [9.17, 15) is 0 Å². The van der Waals surface area contributed by atoms with Crippen molar-refractivity contribution < 1.29 is 5.11 Å². The Morgan fingerprint density at radius 1 is 1.19 bits per heavy atom. The Morgan fingerprint density at radius 3 is 2.67 bits per heavy atom. The third kappa shape index (κ3) is 2.76. The zero-order chi connectivity index (χ0) is 14.8. The number of rotatable bonds is 4. The molecule has 2 heterocycles. The molecule has 0 atom stereocenters. The number of aromatic nitrogens is 2. The van der Waals surface area contributed by atoms with Crippen LogP contribution in [0.25, 0.3) is 16.9 Å². The molecule has 0 aliphatic rings. The van der Waals surface area contributed by atoms with Gasteiger partial charge in [-0.3, -0.25) is 0 Å². The van der Waals surface area contributed by atoms with E-state index in [2.05, 4.69) is 36.2 Å². The molecular formula is C17H19N3O. The summed E-state index contributed by atoms with van der Waals surface area (Å²) in [5.41, 5.74) is 5.30. The van der Waals surface area contributed by atoms with Crippen LogP contribution in [-0.4, -0.2) is 34.7 Å². The van der Waals surface area contributed by atoms with Gasteiger partial charge < -0.3 is 14.4 Å². The summed E-state index contributed by atoms with van der Waals surface area (Å²) in [7, 11) is 1.96. The summed E-state index contributed by atoms with van der Waals surface area (Å²) >= 11 is 0. The second-order valence-corrected chi connectivity index (χ2v) is 5.29. The average molecular weight is 281 g/mol. The molecule has 0 spiro atoms. The molecule has 0 aliphatic heterocycles. The van der Waals surface area contributed by atoms with Crippen LogP contribution < -0.4 is 4.90 Å². The lowest BCUT2D eigenvalue weighted by atomic mass is 10.1. The number of nitrogens with zero attached hydrogens (tertiary/aromatic N) is 3. The molecule has 0 amide bonds. The molecular weight excluding hydrogens is 262 g/mol. The molecule has 2 aromatic heterocycles. The molecule has 4 heteroatoms. The largest absolute Gasteiger partial charge is 0.395 e. The number of aliphatic hydroxyl groups excluding tert-OH is 1. The first-order valence-corrected chi connectivity index (χ1v) is 7.05. The van der Waals surface area contributed by atoms with Crippen LogP contribution in [0.3, 0.4) is 0 Å². The summed E-state index contributed by atoms with van der Waals surface area (Å²) < 4.78 is 2.02. The lowest BCUT2D eigenvalue weighted by Gasteiger charge is -2.17. The van der Waals surface area contributed by atoms with Gasteiger partial charge >= 0.3 is 0 Å². The van der Waals surface area contributed by atoms with E-state index in [1.54, 1.807) is 0 Å². The molecule has 0 unspecified atom stereocenters. The van der Waals surface area contributed by atoms with Crippen LogP contribution in [0, 0.1) is 6.92 Å². The third-order valence-electron chi connectivity index (χ3n) is 3.67. The van der Waals surface area contributed by atoms with Crippen LogP contribution in [0.1, 0.15) is 5.56 Å². The van der Waals surface area contributed by atoms with E-state index in [1.165, 1.54) is 5.56 Å². The number of fused-ring (bicyclic) bond motifs is 1. The molecule has 21 heavy (non-hydrogen) atoms. The maximum Gasteiger partial charge on any atom is 0.139 e. The number of aryl methyl sites for hydroxylation is 1. The molecule has 0 bridgehead atoms. The first-order valence-electron chi connectivity index (χ1n) is 7.05. The molecule has 0 saturated heterocycles. The summed E-state index contributed by atoms with van der Waals surface area (Å²) in [6, 6.07) is 12.4. The summed E-state index contributed by atoms with van der Waals surface area (Å²) in [5.74, 6) is 0. The molecule has 0 radical (unpaired) electrons. The van der Waals surface area contributed by atoms with E-state index in [4.69, 9.17) is 5.11 Å². The number of pyridine rings is 1. The molecule has 0 saturated carbocycles. The summed E-state index contributed by atoms with van der Waals surface area (Å²) in [4.78, 5) is 6.70. The normalized spacial score (nSPS) is 11.0. The van der Waals surface area contributed by atoms with Crippen LogP contribution in [0.2, 0.25) is 0 Å². The highest BCUT2D eigenvalue weighted by atomic mass is 16.3. The Balaban J connectivity index is 1.98. The average Bonchev–Trinajstić information content (AvgIpc) is 2.91. The Bertz CT molecular complexity index is 746. The lowest BCUT2D eigenvalue weighted by Crippen LogP contribution is -2.21. The van der Waals surface area contributed by atoms with Crippen molar-refractivity contribution in [2.24, 2.45) is 0 Å². The second-order valence-electron chi connectivity index (χ2n) is 5.29. The van der Waals surface area contributed by atoms with E-state index >= 15 is 0 Å². The van der Waals surface area contributed by atoms with E-state index < -0.39 is 0 Å². The van der Waals surface area contributed by atoms with Crippen LogP contribution in [0.15, 0.2) is 48.8 Å². The van der Waals surface area contributed by atoms with Gasteiger partial charge in [-0.05, 0) is 13.0 Å². The van der Waals surface area contributed by atoms with Gasteiger partial charge in [-0.1, -0.05) is 29.8 Å². The second kappa shape index (κ2) is 5.58. The SMILES string of the molecule is Cc1ccc(-c2cn3ccc(N(C)CCO)cc3n2)cc1. The maximum absolute atomic E-state index is 9.02. The van der Waals surface area contributed by atoms with Gasteiger partial charge in [-0.25, -0.2) is 4.98 Å². The molecule has 0 aliphatic carbocycles. The minimum Gasteiger partial charge on any atom is -0.395 e. The Morgan fingerprint density at radius 2 is 1.95 bits per heavy atom.